The van der Waals surface area contributed by atoms with Gasteiger partial charge in [-0.25, -0.2) is 0 Å². The first-order valence-electron chi connectivity index (χ1n) is 7.18. The lowest BCUT2D eigenvalue weighted by Crippen LogP contribution is -2.47. The Hall–Kier alpha value is -1.14. The maximum atomic E-state index is 5.75. The molecule has 0 N–H and O–H groups in total. The topological polar surface area (TPSA) is 60.6 Å². The molecule has 0 unspecified atom stereocenters. The summed E-state index contributed by atoms with van der Waals surface area (Å²) in [6.07, 6.45) is 1.59. The van der Waals surface area contributed by atoms with Crippen LogP contribution in [0.5, 0.6) is 0 Å². The number of piperidine rings is 1. The number of nitrogens with zero attached hydrogens (tertiary/aromatic N) is 3. The van der Waals surface area contributed by atoms with E-state index in [1.807, 2.05) is 6.92 Å². The third kappa shape index (κ3) is 3.12. The van der Waals surface area contributed by atoms with Crippen molar-refractivity contribution < 1.29 is 14.0 Å². The first kappa shape index (κ1) is 15.3. The van der Waals surface area contributed by atoms with Crippen LogP contribution in [0.4, 0.5) is 6.01 Å². The molecule has 1 aliphatic rings. The molecule has 2 rings (SSSR count). The molecule has 0 amide bonds. The Morgan fingerprint density at radius 3 is 2.40 bits per heavy atom. The van der Waals surface area contributed by atoms with E-state index in [4.69, 9.17) is 14.0 Å². The summed E-state index contributed by atoms with van der Waals surface area (Å²) in [4.78, 5) is 6.59. The molecule has 20 heavy (non-hydrogen) atoms. The van der Waals surface area contributed by atoms with E-state index in [0.717, 1.165) is 31.8 Å². The number of hydrogen-bond acceptors (Lipinski definition) is 6. The van der Waals surface area contributed by atoms with Crippen LogP contribution in [0.2, 0.25) is 0 Å². The van der Waals surface area contributed by atoms with Gasteiger partial charge in [-0.3, -0.25) is 0 Å². The summed E-state index contributed by atoms with van der Waals surface area (Å²) in [5.41, 5.74) is -0.0981. The molecule has 1 saturated heterocycles. The molecule has 1 aromatic heterocycles. The lowest BCUT2D eigenvalue weighted by molar-refractivity contribution is -0.230. The van der Waals surface area contributed by atoms with Gasteiger partial charge in [0, 0.05) is 45.1 Å². The maximum Gasteiger partial charge on any atom is 0.324 e. The number of ether oxygens (including phenoxy) is 2. The number of anilines is 1. The third-order valence-electron chi connectivity index (χ3n) is 3.66. The van der Waals surface area contributed by atoms with Crippen molar-refractivity contribution in [2.75, 3.05) is 31.7 Å². The van der Waals surface area contributed by atoms with Crippen molar-refractivity contribution >= 4 is 6.01 Å². The third-order valence-corrected chi connectivity index (χ3v) is 3.66. The predicted octanol–water partition coefficient (Wildman–Crippen LogP) is 2.35. The van der Waals surface area contributed by atoms with Crippen LogP contribution in [-0.4, -0.2) is 42.7 Å². The van der Waals surface area contributed by atoms with Crippen molar-refractivity contribution in [2.45, 2.75) is 51.7 Å². The van der Waals surface area contributed by atoms with Gasteiger partial charge in [0.25, 0.3) is 0 Å². The second-order valence-electron chi connectivity index (χ2n) is 6.19. The fourth-order valence-electron chi connectivity index (χ4n) is 2.36. The van der Waals surface area contributed by atoms with Crippen LogP contribution in [-0.2, 0) is 14.9 Å². The van der Waals surface area contributed by atoms with Crippen molar-refractivity contribution in [3.63, 3.8) is 0 Å². The largest absolute Gasteiger partial charge is 0.353 e. The summed E-state index contributed by atoms with van der Waals surface area (Å²) in [6.45, 7) is 10.4. The number of rotatable bonds is 4. The molecule has 1 aromatic rings. The Labute approximate surface area is 120 Å². The second kappa shape index (κ2) is 5.69. The minimum Gasteiger partial charge on any atom is -0.353 e. The maximum absolute atomic E-state index is 5.75. The SMILES string of the molecule is CCOC1(OC)CCN(c2nc(C(C)(C)C)no2)CC1. The lowest BCUT2D eigenvalue weighted by Gasteiger charge is -2.39. The molecule has 0 radical (unpaired) electrons. The minimum absolute atomic E-state index is 0.0981. The van der Waals surface area contributed by atoms with Gasteiger partial charge in [0.05, 0.1) is 0 Å². The highest BCUT2D eigenvalue weighted by molar-refractivity contribution is 5.27. The molecular formula is C14H25N3O3. The Morgan fingerprint density at radius 2 is 1.95 bits per heavy atom. The van der Waals surface area contributed by atoms with Gasteiger partial charge in [-0.15, -0.1) is 0 Å². The van der Waals surface area contributed by atoms with Crippen LogP contribution in [0.15, 0.2) is 4.52 Å². The van der Waals surface area contributed by atoms with Gasteiger partial charge in [-0.2, -0.15) is 4.98 Å². The molecule has 0 atom stereocenters. The molecule has 6 nitrogen and oxygen atoms in total. The van der Waals surface area contributed by atoms with Gasteiger partial charge in [-0.05, 0) is 6.92 Å². The second-order valence-corrected chi connectivity index (χ2v) is 6.19. The van der Waals surface area contributed by atoms with Crippen LogP contribution >= 0.6 is 0 Å². The van der Waals surface area contributed by atoms with E-state index in [1.165, 1.54) is 0 Å². The lowest BCUT2D eigenvalue weighted by atomic mass is 9.96. The normalized spacial score (nSPS) is 19.4. The molecule has 1 fully saturated rings. The summed E-state index contributed by atoms with van der Waals surface area (Å²) in [5, 5.41) is 4.07. The smallest absolute Gasteiger partial charge is 0.324 e. The van der Waals surface area contributed by atoms with Gasteiger partial charge in [0.2, 0.25) is 0 Å². The van der Waals surface area contributed by atoms with Crippen molar-refractivity contribution in [3.8, 4) is 0 Å². The van der Waals surface area contributed by atoms with Crippen LogP contribution in [0, 0.1) is 0 Å². The molecule has 1 aliphatic heterocycles. The van der Waals surface area contributed by atoms with E-state index in [9.17, 15) is 0 Å². The van der Waals surface area contributed by atoms with Crippen molar-refractivity contribution in [2.24, 2.45) is 0 Å². The van der Waals surface area contributed by atoms with Crippen molar-refractivity contribution in [1.29, 1.82) is 0 Å². The quantitative estimate of drug-likeness (QED) is 0.790. The summed E-state index contributed by atoms with van der Waals surface area (Å²) >= 11 is 0. The Balaban J connectivity index is 2.02. The molecule has 6 heteroatoms. The Bertz CT molecular complexity index is 431. The summed E-state index contributed by atoms with van der Waals surface area (Å²) in [6, 6.07) is 0.594. The van der Waals surface area contributed by atoms with Crippen LogP contribution in [0.1, 0.15) is 46.4 Å². The summed E-state index contributed by atoms with van der Waals surface area (Å²) in [5.74, 6) is 0.277. The molecule has 2 heterocycles. The average molecular weight is 283 g/mol. The molecule has 0 saturated carbocycles. The molecular weight excluding hydrogens is 258 g/mol. The highest BCUT2D eigenvalue weighted by Crippen LogP contribution is 2.30. The predicted molar refractivity (Wildman–Crippen MR) is 75.8 cm³/mol. The van der Waals surface area contributed by atoms with Gasteiger partial charge in [-0.1, -0.05) is 25.9 Å². The first-order valence-corrected chi connectivity index (χ1v) is 7.18. The first-order chi connectivity index (χ1) is 9.40. The Kier molecular flexibility index (Phi) is 4.34. The highest BCUT2D eigenvalue weighted by Gasteiger charge is 2.37. The van der Waals surface area contributed by atoms with E-state index in [-0.39, 0.29) is 5.41 Å². The van der Waals surface area contributed by atoms with E-state index in [2.05, 4.69) is 35.8 Å². The van der Waals surface area contributed by atoms with Gasteiger partial charge >= 0.3 is 6.01 Å². The van der Waals surface area contributed by atoms with Crippen LogP contribution in [0.25, 0.3) is 0 Å². The van der Waals surface area contributed by atoms with E-state index in [0.29, 0.717) is 12.6 Å². The number of hydrogen-bond donors (Lipinski definition) is 0. The standard InChI is InChI=1S/C14H25N3O3/c1-6-19-14(18-5)7-9-17(10-8-14)12-15-11(16-20-12)13(2,3)4/h6-10H2,1-5H3. The average Bonchev–Trinajstić information content (AvgIpc) is 2.89. The zero-order valence-corrected chi connectivity index (χ0v) is 13.1. The molecule has 0 bridgehead atoms. The van der Waals surface area contributed by atoms with Gasteiger partial charge in [0.15, 0.2) is 11.6 Å². The molecule has 0 aliphatic carbocycles. The van der Waals surface area contributed by atoms with E-state index < -0.39 is 5.79 Å². The Morgan fingerprint density at radius 1 is 1.30 bits per heavy atom. The molecule has 114 valence electrons. The van der Waals surface area contributed by atoms with E-state index >= 15 is 0 Å². The van der Waals surface area contributed by atoms with Crippen LogP contribution in [0.3, 0.4) is 0 Å². The van der Waals surface area contributed by atoms with E-state index in [1.54, 1.807) is 7.11 Å². The zero-order chi connectivity index (χ0) is 14.8. The van der Waals surface area contributed by atoms with Crippen LogP contribution < -0.4 is 4.90 Å². The van der Waals surface area contributed by atoms with Gasteiger partial charge in [0.1, 0.15) is 0 Å². The molecule has 0 aromatic carbocycles. The summed E-state index contributed by atoms with van der Waals surface area (Å²) < 4.78 is 16.7. The highest BCUT2D eigenvalue weighted by atomic mass is 16.7. The summed E-state index contributed by atoms with van der Waals surface area (Å²) in [7, 11) is 1.70. The fourth-order valence-corrected chi connectivity index (χ4v) is 2.36. The minimum atomic E-state index is -0.460. The number of methoxy groups -OCH3 is 1. The molecule has 0 spiro atoms. The monoisotopic (exact) mass is 283 g/mol. The zero-order valence-electron chi connectivity index (χ0n) is 13.1. The fraction of sp³-hybridized carbons (Fsp3) is 0.857. The van der Waals surface area contributed by atoms with Crippen molar-refractivity contribution in [1.82, 2.24) is 10.1 Å². The van der Waals surface area contributed by atoms with Gasteiger partial charge < -0.3 is 18.9 Å². The number of aromatic nitrogens is 2. The van der Waals surface area contributed by atoms with Crippen molar-refractivity contribution in [3.05, 3.63) is 5.82 Å².